The minimum absolute atomic E-state index is 0.359. The zero-order valence-electron chi connectivity index (χ0n) is 15.5. The van der Waals surface area contributed by atoms with Crippen molar-refractivity contribution < 1.29 is 0 Å². The van der Waals surface area contributed by atoms with Gasteiger partial charge in [-0.25, -0.2) is 0 Å². The number of hydrogen-bond donors (Lipinski definition) is 1. The van der Waals surface area contributed by atoms with E-state index in [1.165, 1.54) is 44.9 Å². The van der Waals surface area contributed by atoms with Crippen molar-refractivity contribution in [2.45, 2.75) is 78.7 Å². The smallest absolute Gasteiger partial charge is 0.0155 e. The zero-order chi connectivity index (χ0) is 16.0. The Bertz CT molecular complexity index is 428. The molecule has 0 aromatic rings. The molecule has 3 fully saturated rings. The van der Waals surface area contributed by atoms with Gasteiger partial charge in [-0.1, -0.05) is 39.3 Å². The van der Waals surface area contributed by atoms with Crippen LogP contribution >= 0.6 is 0 Å². The summed E-state index contributed by atoms with van der Waals surface area (Å²) in [4.78, 5) is 0. The lowest BCUT2D eigenvalue weighted by Crippen LogP contribution is -2.56. The van der Waals surface area contributed by atoms with Gasteiger partial charge in [0, 0.05) is 11.5 Å². The van der Waals surface area contributed by atoms with Gasteiger partial charge in [-0.15, -0.1) is 0 Å². The zero-order valence-corrected chi connectivity index (χ0v) is 15.5. The fourth-order valence-corrected chi connectivity index (χ4v) is 7.22. The molecule has 0 heterocycles. The minimum Gasteiger partial charge on any atom is -0.316 e. The van der Waals surface area contributed by atoms with Crippen LogP contribution in [0.1, 0.15) is 72.6 Å². The van der Waals surface area contributed by atoms with Crippen LogP contribution in [-0.4, -0.2) is 13.1 Å². The van der Waals surface area contributed by atoms with Gasteiger partial charge in [0.05, 0.1) is 0 Å². The van der Waals surface area contributed by atoms with Crippen LogP contribution in [0.5, 0.6) is 0 Å². The molecule has 0 aromatic heterocycles. The van der Waals surface area contributed by atoms with Crippen molar-refractivity contribution in [3.63, 3.8) is 0 Å². The van der Waals surface area contributed by atoms with E-state index in [4.69, 9.17) is 0 Å². The summed E-state index contributed by atoms with van der Waals surface area (Å²) in [7, 11) is 2.17. The minimum atomic E-state index is 0.359. The maximum Gasteiger partial charge on any atom is 0.0155 e. The van der Waals surface area contributed by atoms with Gasteiger partial charge >= 0.3 is 0 Å². The maximum absolute atomic E-state index is 3.65. The predicted molar refractivity (Wildman–Crippen MR) is 95.8 cm³/mol. The highest BCUT2D eigenvalue weighted by Crippen LogP contribution is 2.65. The molecular formula is C21H37N. The molecular weight excluding hydrogens is 266 g/mol. The summed E-state index contributed by atoms with van der Waals surface area (Å²) in [5, 5.41) is 3.65. The van der Waals surface area contributed by atoms with Crippen molar-refractivity contribution in [3.8, 4) is 0 Å². The second-order valence-electron chi connectivity index (χ2n) is 8.89. The van der Waals surface area contributed by atoms with E-state index in [1.807, 2.05) is 0 Å². The quantitative estimate of drug-likeness (QED) is 0.686. The van der Waals surface area contributed by atoms with Gasteiger partial charge in [-0.05, 0) is 81.6 Å². The monoisotopic (exact) mass is 303 g/mol. The topological polar surface area (TPSA) is 12.0 Å². The van der Waals surface area contributed by atoms with E-state index in [1.54, 1.807) is 0 Å². The van der Waals surface area contributed by atoms with Crippen LogP contribution in [0.15, 0.2) is 12.2 Å². The first-order valence-corrected chi connectivity index (χ1v) is 9.82. The number of allylic oxidation sites excluding steroid dienone is 1. The number of nitrogens with one attached hydrogen (secondary N) is 1. The fourth-order valence-electron chi connectivity index (χ4n) is 7.22. The van der Waals surface area contributed by atoms with Crippen LogP contribution in [0.3, 0.4) is 0 Å². The van der Waals surface area contributed by atoms with Crippen molar-refractivity contribution in [2.75, 3.05) is 7.05 Å². The van der Waals surface area contributed by atoms with Crippen LogP contribution in [0.25, 0.3) is 0 Å². The third kappa shape index (κ3) is 2.22. The molecule has 0 spiro atoms. The molecule has 1 heteroatoms. The van der Waals surface area contributed by atoms with Gasteiger partial charge in [0.2, 0.25) is 0 Å². The lowest BCUT2D eigenvalue weighted by Gasteiger charge is -2.58. The van der Waals surface area contributed by atoms with Gasteiger partial charge in [0.1, 0.15) is 0 Å². The summed E-state index contributed by atoms with van der Waals surface area (Å²) < 4.78 is 0. The van der Waals surface area contributed by atoms with Crippen molar-refractivity contribution in [3.05, 3.63) is 12.2 Å². The second-order valence-corrected chi connectivity index (χ2v) is 8.89. The molecule has 7 atom stereocenters. The average Bonchev–Trinajstić information content (AvgIpc) is 2.84. The molecule has 3 aliphatic rings. The fraction of sp³-hybridized carbons (Fsp3) is 0.905. The Hall–Kier alpha value is -0.300. The number of fused-ring (bicyclic) bond motifs is 3. The molecule has 3 saturated carbocycles. The first kappa shape index (κ1) is 16.6. The van der Waals surface area contributed by atoms with E-state index in [9.17, 15) is 0 Å². The predicted octanol–water partition coefficient (Wildman–Crippen LogP) is 5.42. The van der Waals surface area contributed by atoms with E-state index in [0.29, 0.717) is 16.9 Å². The summed E-state index contributed by atoms with van der Waals surface area (Å²) >= 11 is 0. The highest BCUT2D eigenvalue weighted by molar-refractivity contribution is 5.14. The Labute approximate surface area is 138 Å². The summed E-state index contributed by atoms with van der Waals surface area (Å²) in [6.45, 7) is 9.82. The van der Waals surface area contributed by atoms with E-state index in [2.05, 4.69) is 52.2 Å². The molecule has 22 heavy (non-hydrogen) atoms. The normalized spacial score (nSPS) is 51.8. The molecule has 1 N–H and O–H groups in total. The summed E-state index contributed by atoms with van der Waals surface area (Å²) in [5.41, 5.74) is 1.01. The van der Waals surface area contributed by atoms with Gasteiger partial charge in [-0.2, -0.15) is 0 Å². The number of hydrogen-bond acceptors (Lipinski definition) is 1. The van der Waals surface area contributed by atoms with Crippen LogP contribution in [-0.2, 0) is 0 Å². The number of rotatable bonds is 3. The lowest BCUT2D eigenvalue weighted by atomic mass is 9.48. The Balaban J connectivity index is 1.91. The van der Waals surface area contributed by atoms with Crippen LogP contribution in [0, 0.1) is 34.5 Å². The van der Waals surface area contributed by atoms with E-state index in [0.717, 1.165) is 23.7 Å². The maximum atomic E-state index is 3.65. The Morgan fingerprint density at radius 1 is 1.05 bits per heavy atom. The summed E-state index contributed by atoms with van der Waals surface area (Å²) in [6.07, 6.45) is 15.0. The molecule has 0 radical (unpaired) electrons. The largest absolute Gasteiger partial charge is 0.316 e. The molecule has 7 unspecified atom stereocenters. The molecule has 3 aliphatic carbocycles. The third-order valence-electron chi connectivity index (χ3n) is 8.34. The molecule has 0 aromatic carbocycles. The Morgan fingerprint density at radius 3 is 2.45 bits per heavy atom. The first-order chi connectivity index (χ1) is 10.5. The first-order valence-electron chi connectivity index (χ1n) is 9.82. The average molecular weight is 304 g/mol. The van der Waals surface area contributed by atoms with Gasteiger partial charge < -0.3 is 5.32 Å². The van der Waals surface area contributed by atoms with Gasteiger partial charge in [-0.3, -0.25) is 0 Å². The van der Waals surface area contributed by atoms with Crippen molar-refractivity contribution in [2.24, 2.45) is 34.5 Å². The molecule has 0 bridgehead atoms. The van der Waals surface area contributed by atoms with Crippen molar-refractivity contribution in [1.82, 2.24) is 5.32 Å². The van der Waals surface area contributed by atoms with Crippen LogP contribution < -0.4 is 5.32 Å². The molecule has 1 nitrogen and oxygen atoms in total. The molecule has 3 rings (SSSR count). The molecule has 0 aliphatic heterocycles. The standard InChI is InChI=1S/C21H37N/c1-6-13-21(4)18-12-14-20(3)15(7-2)8-10-17(20)16(18)9-11-19(21)22-5/h6,13,15-19,22H,7-12,14H2,1-5H3/b13-6-. The summed E-state index contributed by atoms with van der Waals surface area (Å²) in [5.74, 6) is 3.86. The Kier molecular flexibility index (Phi) is 4.49. The molecule has 0 saturated heterocycles. The van der Waals surface area contributed by atoms with Crippen LogP contribution in [0.4, 0.5) is 0 Å². The van der Waals surface area contributed by atoms with E-state index >= 15 is 0 Å². The van der Waals surface area contributed by atoms with Gasteiger partial charge in [0.15, 0.2) is 0 Å². The Morgan fingerprint density at radius 2 is 1.82 bits per heavy atom. The highest BCUT2D eigenvalue weighted by Gasteiger charge is 2.58. The van der Waals surface area contributed by atoms with Gasteiger partial charge in [0.25, 0.3) is 0 Å². The molecule has 0 amide bonds. The van der Waals surface area contributed by atoms with Crippen LogP contribution in [0.2, 0.25) is 0 Å². The second kappa shape index (κ2) is 5.96. The van der Waals surface area contributed by atoms with Crippen molar-refractivity contribution in [1.29, 1.82) is 0 Å². The van der Waals surface area contributed by atoms with E-state index < -0.39 is 0 Å². The highest BCUT2D eigenvalue weighted by atomic mass is 14.9. The lowest BCUT2D eigenvalue weighted by molar-refractivity contribution is -0.0636. The van der Waals surface area contributed by atoms with E-state index in [-0.39, 0.29) is 0 Å². The molecule has 126 valence electrons. The third-order valence-corrected chi connectivity index (χ3v) is 8.34. The summed E-state index contributed by atoms with van der Waals surface area (Å²) in [6, 6.07) is 0.665. The van der Waals surface area contributed by atoms with Crippen molar-refractivity contribution >= 4 is 0 Å². The SMILES string of the molecule is C/C=C\C1(C)C(NC)CCC2C1CCC1(C)C(CC)CCC21.